The molecule has 0 radical (unpaired) electrons. The van der Waals surface area contributed by atoms with Crippen LogP contribution in [0, 0.1) is 0 Å². The lowest BCUT2D eigenvalue weighted by Gasteiger charge is -2.32. The summed E-state index contributed by atoms with van der Waals surface area (Å²) in [5.41, 5.74) is 2.66. The molecule has 1 aromatic rings. The SMILES string of the molecule is CCCN1CCC(NC(=NC)NCc2cccc(CN(C)CC)c2)CC1. The lowest BCUT2D eigenvalue weighted by molar-refractivity contribution is 0.206. The third kappa shape index (κ3) is 6.96. The topological polar surface area (TPSA) is 42.9 Å². The summed E-state index contributed by atoms with van der Waals surface area (Å²) in [6.45, 7) is 10.9. The average molecular weight is 360 g/mol. The Hall–Kier alpha value is -1.59. The molecule has 1 saturated heterocycles. The van der Waals surface area contributed by atoms with Crippen LogP contribution in [0.25, 0.3) is 0 Å². The first-order chi connectivity index (χ1) is 12.6. The highest BCUT2D eigenvalue weighted by molar-refractivity contribution is 5.79. The molecule has 146 valence electrons. The molecule has 26 heavy (non-hydrogen) atoms. The van der Waals surface area contributed by atoms with Crippen LogP contribution in [-0.2, 0) is 13.1 Å². The molecule has 5 nitrogen and oxygen atoms in total. The van der Waals surface area contributed by atoms with Crippen LogP contribution < -0.4 is 10.6 Å². The predicted molar refractivity (Wildman–Crippen MR) is 112 cm³/mol. The molecule has 1 aromatic carbocycles. The number of rotatable bonds is 8. The molecular weight excluding hydrogens is 322 g/mol. The molecule has 0 spiro atoms. The summed E-state index contributed by atoms with van der Waals surface area (Å²) in [6, 6.07) is 9.34. The first-order valence-corrected chi connectivity index (χ1v) is 10.1. The van der Waals surface area contributed by atoms with Gasteiger partial charge in [0.15, 0.2) is 5.96 Å². The molecule has 1 aliphatic heterocycles. The fourth-order valence-corrected chi connectivity index (χ4v) is 3.45. The minimum Gasteiger partial charge on any atom is -0.354 e. The van der Waals surface area contributed by atoms with Gasteiger partial charge in [-0.2, -0.15) is 0 Å². The van der Waals surface area contributed by atoms with Gasteiger partial charge in [-0.25, -0.2) is 0 Å². The largest absolute Gasteiger partial charge is 0.354 e. The second-order valence-corrected chi connectivity index (χ2v) is 7.34. The van der Waals surface area contributed by atoms with Crippen LogP contribution in [-0.4, -0.2) is 62.1 Å². The molecule has 0 bridgehead atoms. The van der Waals surface area contributed by atoms with Gasteiger partial charge in [0.25, 0.3) is 0 Å². The molecule has 0 aliphatic carbocycles. The molecule has 0 aromatic heterocycles. The smallest absolute Gasteiger partial charge is 0.191 e. The molecular formula is C21H37N5. The Morgan fingerprint density at radius 1 is 1.23 bits per heavy atom. The zero-order chi connectivity index (χ0) is 18.8. The van der Waals surface area contributed by atoms with Gasteiger partial charge in [0.1, 0.15) is 0 Å². The zero-order valence-corrected chi connectivity index (χ0v) is 17.1. The maximum Gasteiger partial charge on any atom is 0.191 e. The van der Waals surface area contributed by atoms with Gasteiger partial charge < -0.3 is 20.4 Å². The molecule has 0 amide bonds. The highest BCUT2D eigenvalue weighted by Gasteiger charge is 2.19. The molecule has 5 heteroatoms. The minimum absolute atomic E-state index is 0.527. The highest BCUT2D eigenvalue weighted by atomic mass is 15.2. The van der Waals surface area contributed by atoms with E-state index in [4.69, 9.17) is 0 Å². The van der Waals surface area contributed by atoms with Gasteiger partial charge >= 0.3 is 0 Å². The van der Waals surface area contributed by atoms with E-state index in [1.165, 1.54) is 50.0 Å². The predicted octanol–water partition coefficient (Wildman–Crippen LogP) is 2.68. The van der Waals surface area contributed by atoms with E-state index in [0.717, 1.165) is 25.6 Å². The van der Waals surface area contributed by atoms with E-state index < -0.39 is 0 Å². The van der Waals surface area contributed by atoms with Crippen molar-refractivity contribution in [2.75, 3.05) is 40.3 Å². The minimum atomic E-state index is 0.527. The monoisotopic (exact) mass is 359 g/mol. The molecule has 2 N–H and O–H groups in total. The third-order valence-corrected chi connectivity index (χ3v) is 5.14. The van der Waals surface area contributed by atoms with Crippen molar-refractivity contribution < 1.29 is 0 Å². The number of guanidine groups is 1. The Morgan fingerprint density at radius 2 is 1.96 bits per heavy atom. The van der Waals surface area contributed by atoms with E-state index >= 15 is 0 Å². The van der Waals surface area contributed by atoms with Crippen molar-refractivity contribution in [2.24, 2.45) is 4.99 Å². The van der Waals surface area contributed by atoms with Crippen molar-refractivity contribution in [1.82, 2.24) is 20.4 Å². The van der Waals surface area contributed by atoms with Gasteiger partial charge in [-0.1, -0.05) is 38.1 Å². The quantitative estimate of drug-likeness (QED) is 0.553. The number of aliphatic imine (C=N–C) groups is 1. The van der Waals surface area contributed by atoms with Gasteiger partial charge in [-0.05, 0) is 50.5 Å². The Balaban J connectivity index is 1.79. The van der Waals surface area contributed by atoms with Crippen LogP contribution in [0.5, 0.6) is 0 Å². The highest BCUT2D eigenvalue weighted by Crippen LogP contribution is 2.11. The molecule has 1 aliphatic rings. The maximum atomic E-state index is 4.41. The van der Waals surface area contributed by atoms with Crippen molar-refractivity contribution in [3.8, 4) is 0 Å². The number of nitrogens with one attached hydrogen (secondary N) is 2. The fraction of sp³-hybridized carbons (Fsp3) is 0.667. The van der Waals surface area contributed by atoms with Gasteiger partial charge in [0.2, 0.25) is 0 Å². The van der Waals surface area contributed by atoms with E-state index in [0.29, 0.717) is 6.04 Å². The van der Waals surface area contributed by atoms with E-state index in [2.05, 4.69) is 70.6 Å². The first kappa shape index (κ1) is 20.7. The third-order valence-electron chi connectivity index (χ3n) is 5.14. The van der Waals surface area contributed by atoms with Crippen molar-refractivity contribution in [1.29, 1.82) is 0 Å². The number of piperidine rings is 1. The van der Waals surface area contributed by atoms with E-state index in [1.54, 1.807) is 0 Å². The summed E-state index contributed by atoms with van der Waals surface area (Å²) in [5.74, 6) is 0.912. The Labute approximate surface area is 159 Å². The van der Waals surface area contributed by atoms with Gasteiger partial charge in [-0.3, -0.25) is 4.99 Å². The maximum absolute atomic E-state index is 4.41. The number of benzene rings is 1. The summed E-state index contributed by atoms with van der Waals surface area (Å²) in [6.07, 6.45) is 3.63. The summed E-state index contributed by atoms with van der Waals surface area (Å²) in [4.78, 5) is 9.29. The van der Waals surface area contributed by atoms with Crippen molar-refractivity contribution in [3.05, 3.63) is 35.4 Å². The second-order valence-electron chi connectivity index (χ2n) is 7.34. The zero-order valence-electron chi connectivity index (χ0n) is 17.1. The number of nitrogens with zero attached hydrogens (tertiary/aromatic N) is 3. The molecule has 0 saturated carbocycles. The number of likely N-dealkylation sites (tertiary alicyclic amines) is 1. The Morgan fingerprint density at radius 3 is 2.62 bits per heavy atom. The van der Waals surface area contributed by atoms with Gasteiger partial charge in [0, 0.05) is 39.3 Å². The van der Waals surface area contributed by atoms with Crippen LogP contribution >= 0.6 is 0 Å². The van der Waals surface area contributed by atoms with E-state index in [9.17, 15) is 0 Å². The van der Waals surface area contributed by atoms with Crippen LogP contribution in [0.4, 0.5) is 0 Å². The van der Waals surface area contributed by atoms with Crippen LogP contribution in [0.15, 0.2) is 29.3 Å². The normalized spacial score (nSPS) is 16.9. The molecule has 1 heterocycles. The Bertz CT molecular complexity index is 549. The summed E-state index contributed by atoms with van der Waals surface area (Å²) >= 11 is 0. The first-order valence-electron chi connectivity index (χ1n) is 10.1. The van der Waals surface area contributed by atoms with Gasteiger partial charge in [-0.15, -0.1) is 0 Å². The molecule has 2 rings (SSSR count). The van der Waals surface area contributed by atoms with E-state index in [-0.39, 0.29) is 0 Å². The van der Waals surface area contributed by atoms with Crippen LogP contribution in [0.2, 0.25) is 0 Å². The summed E-state index contributed by atoms with van der Waals surface area (Å²) in [7, 11) is 4.01. The van der Waals surface area contributed by atoms with Crippen LogP contribution in [0.1, 0.15) is 44.2 Å². The number of hydrogen-bond acceptors (Lipinski definition) is 3. The second kappa shape index (κ2) is 11.2. The van der Waals surface area contributed by atoms with E-state index in [1.807, 2.05) is 7.05 Å². The molecule has 0 unspecified atom stereocenters. The summed E-state index contributed by atoms with van der Waals surface area (Å²) < 4.78 is 0. The average Bonchev–Trinajstić information content (AvgIpc) is 2.67. The van der Waals surface area contributed by atoms with Crippen molar-refractivity contribution >= 4 is 5.96 Å². The lowest BCUT2D eigenvalue weighted by Crippen LogP contribution is -2.48. The molecule has 1 fully saturated rings. The standard InChI is InChI=1S/C21H37N5/c1-5-12-26-13-10-20(11-14-26)24-21(22-3)23-16-18-8-7-9-19(15-18)17-25(4)6-2/h7-9,15,20H,5-6,10-14,16-17H2,1-4H3,(H2,22,23,24). The summed E-state index contributed by atoms with van der Waals surface area (Å²) in [5, 5.41) is 7.07. The van der Waals surface area contributed by atoms with Crippen molar-refractivity contribution in [3.63, 3.8) is 0 Å². The Kier molecular flexibility index (Phi) is 8.92. The van der Waals surface area contributed by atoms with Gasteiger partial charge in [0.05, 0.1) is 0 Å². The lowest BCUT2D eigenvalue weighted by atomic mass is 10.1. The van der Waals surface area contributed by atoms with Crippen LogP contribution in [0.3, 0.4) is 0 Å². The van der Waals surface area contributed by atoms with Crippen molar-refractivity contribution in [2.45, 2.75) is 52.2 Å². The fourth-order valence-electron chi connectivity index (χ4n) is 3.45. The number of hydrogen-bond donors (Lipinski definition) is 2. The molecule has 0 atom stereocenters.